The Bertz CT molecular complexity index is 888. The summed E-state index contributed by atoms with van der Waals surface area (Å²) < 4.78 is 11.8. The fourth-order valence-electron chi connectivity index (χ4n) is 2.80. The van der Waals surface area contributed by atoms with E-state index in [0.717, 1.165) is 11.1 Å². The number of phenols is 1. The van der Waals surface area contributed by atoms with Crippen LogP contribution in [0.15, 0.2) is 24.4 Å². The molecular formula is C18H26N3O5P. The number of rotatable bonds is 7. The van der Waals surface area contributed by atoms with Crippen LogP contribution in [0.3, 0.4) is 0 Å². The molecule has 3 N–H and O–H groups in total. The third kappa shape index (κ3) is 5.11. The molecule has 1 aromatic heterocycles. The number of nitrogens with zero attached hydrogens (tertiary/aromatic N) is 2. The second kappa shape index (κ2) is 8.15. The monoisotopic (exact) mass is 395 g/mol. The maximum Gasteiger partial charge on any atom is 0.268 e. The lowest BCUT2D eigenvalue weighted by molar-refractivity contribution is -0.171. The molecular weight excluding hydrogens is 369 g/mol. The average Bonchev–Trinajstić information content (AvgIpc) is 3.00. The molecule has 8 nitrogen and oxygen atoms in total. The lowest BCUT2D eigenvalue weighted by atomic mass is 10.1. The number of likely N-dealkylation sites (N-methyl/N-ethyl adjacent to an activating group) is 1. The van der Waals surface area contributed by atoms with Crippen LogP contribution < -0.4 is 0 Å². The summed E-state index contributed by atoms with van der Waals surface area (Å²) in [7, 11) is -1.10. The third-order valence-corrected chi connectivity index (χ3v) is 5.49. The fraction of sp³-hybridized carbons (Fsp3) is 0.444. The predicted octanol–water partition coefficient (Wildman–Crippen LogP) is 2.10. The van der Waals surface area contributed by atoms with Gasteiger partial charge in [0.15, 0.2) is 0 Å². The van der Waals surface area contributed by atoms with Crippen LogP contribution in [-0.2, 0) is 20.6 Å². The first kappa shape index (κ1) is 21.0. The summed E-state index contributed by atoms with van der Waals surface area (Å²) in [6, 6.07) is 4.23. The summed E-state index contributed by atoms with van der Waals surface area (Å²) in [6.07, 6.45) is 1.92. The number of benzene rings is 1. The Labute approximate surface area is 158 Å². The van der Waals surface area contributed by atoms with Crippen molar-refractivity contribution in [3.8, 4) is 5.75 Å². The number of aromatic nitrogens is 1. The van der Waals surface area contributed by atoms with Gasteiger partial charge in [0, 0.05) is 24.1 Å². The van der Waals surface area contributed by atoms with E-state index in [0.29, 0.717) is 16.9 Å². The first-order valence-electron chi connectivity index (χ1n) is 8.59. The Balaban J connectivity index is 2.00. The molecule has 148 valence electrons. The number of carbonyl (C=O) groups is 2. The van der Waals surface area contributed by atoms with E-state index in [1.54, 1.807) is 18.3 Å². The summed E-state index contributed by atoms with van der Waals surface area (Å²) in [5.74, 6) is -0.905. The maximum atomic E-state index is 12.4. The van der Waals surface area contributed by atoms with Crippen LogP contribution in [0.5, 0.6) is 5.75 Å². The molecule has 0 radical (unpaired) electrons. The van der Waals surface area contributed by atoms with Crippen molar-refractivity contribution in [2.45, 2.75) is 19.4 Å². The fourth-order valence-corrected chi connectivity index (χ4v) is 3.68. The molecule has 0 spiro atoms. The summed E-state index contributed by atoms with van der Waals surface area (Å²) >= 11 is 0. The minimum Gasteiger partial charge on any atom is -0.507 e. The van der Waals surface area contributed by atoms with E-state index in [2.05, 4.69) is 4.98 Å². The highest BCUT2D eigenvalue weighted by Crippen LogP contribution is 2.35. The Kier molecular flexibility index (Phi) is 6.34. The molecule has 0 aliphatic rings. The Hall–Kier alpha value is -2.31. The summed E-state index contributed by atoms with van der Waals surface area (Å²) in [5, 5.41) is 21.3. The average molecular weight is 395 g/mol. The lowest BCUT2D eigenvalue weighted by Crippen LogP contribution is -2.48. The first-order valence-corrected chi connectivity index (χ1v) is 11.4. The van der Waals surface area contributed by atoms with Crippen molar-refractivity contribution in [3.05, 3.63) is 30.0 Å². The topological polar surface area (TPSA) is 114 Å². The Morgan fingerprint density at radius 1 is 1.30 bits per heavy atom. The zero-order valence-electron chi connectivity index (χ0n) is 16.0. The Morgan fingerprint density at radius 2 is 1.96 bits per heavy atom. The van der Waals surface area contributed by atoms with Gasteiger partial charge >= 0.3 is 0 Å². The van der Waals surface area contributed by atoms with Crippen LogP contribution in [0, 0.1) is 0 Å². The van der Waals surface area contributed by atoms with Gasteiger partial charge in [-0.2, -0.15) is 0 Å². The minimum atomic E-state index is -2.55. The van der Waals surface area contributed by atoms with E-state index >= 15 is 0 Å². The van der Waals surface area contributed by atoms with Crippen molar-refractivity contribution in [3.63, 3.8) is 0 Å². The Morgan fingerprint density at radius 3 is 2.59 bits per heavy atom. The number of phenolic OH excluding ortho intramolecular Hbond substituents is 1. The number of aromatic hydroxyl groups is 1. The van der Waals surface area contributed by atoms with Gasteiger partial charge in [-0.1, -0.05) is 6.07 Å². The van der Waals surface area contributed by atoms with Crippen LogP contribution in [0.4, 0.5) is 0 Å². The third-order valence-electron chi connectivity index (χ3n) is 4.46. The zero-order valence-corrected chi connectivity index (χ0v) is 16.9. The van der Waals surface area contributed by atoms with E-state index in [1.165, 1.54) is 32.2 Å². The molecule has 1 aromatic carbocycles. The highest BCUT2D eigenvalue weighted by Gasteiger charge is 2.28. The van der Waals surface area contributed by atoms with Crippen LogP contribution in [0.1, 0.15) is 12.5 Å². The highest BCUT2D eigenvalue weighted by atomic mass is 31.2. The van der Waals surface area contributed by atoms with Gasteiger partial charge in [-0.25, -0.2) is 5.06 Å². The van der Waals surface area contributed by atoms with Gasteiger partial charge in [-0.3, -0.25) is 14.8 Å². The second-order valence-corrected chi connectivity index (χ2v) is 10.6. The molecule has 0 aliphatic carbocycles. The normalized spacial score (nSPS) is 12.8. The van der Waals surface area contributed by atoms with Crippen LogP contribution in [0.25, 0.3) is 10.9 Å². The van der Waals surface area contributed by atoms with Gasteiger partial charge in [0.1, 0.15) is 11.8 Å². The van der Waals surface area contributed by atoms with E-state index in [-0.39, 0.29) is 18.5 Å². The molecule has 0 bridgehead atoms. The molecule has 27 heavy (non-hydrogen) atoms. The van der Waals surface area contributed by atoms with Gasteiger partial charge < -0.3 is 19.6 Å². The molecule has 0 aliphatic heterocycles. The minimum absolute atomic E-state index is 0.00649. The van der Waals surface area contributed by atoms with Gasteiger partial charge in [-0.15, -0.1) is 0 Å². The number of amides is 2. The van der Waals surface area contributed by atoms with Crippen molar-refractivity contribution in [2.75, 3.05) is 33.1 Å². The number of hydrogen-bond donors (Lipinski definition) is 3. The molecule has 0 fully saturated rings. The van der Waals surface area contributed by atoms with Gasteiger partial charge in [-0.05, 0) is 44.4 Å². The molecule has 2 amide bonds. The number of nitrogens with one attached hydrogen (secondary N) is 1. The van der Waals surface area contributed by atoms with Crippen molar-refractivity contribution < 1.29 is 24.5 Å². The zero-order chi connectivity index (χ0) is 20.4. The summed E-state index contributed by atoms with van der Waals surface area (Å²) in [5.41, 5.74) is 1.54. The van der Waals surface area contributed by atoms with Gasteiger partial charge in [0.25, 0.3) is 5.91 Å². The number of H-pyrrole nitrogens is 1. The van der Waals surface area contributed by atoms with Gasteiger partial charge in [0.2, 0.25) is 5.91 Å². The molecule has 1 atom stereocenters. The maximum absolute atomic E-state index is 12.4. The lowest BCUT2D eigenvalue weighted by Gasteiger charge is -2.27. The number of fused-ring (bicyclic) bond motifs is 1. The SMILES string of the molecule is CC(C(=O)N(O)CCc1c[nH]c2cccc(O)c12)N(C)C(=O)CP(C)(C)=O. The summed E-state index contributed by atoms with van der Waals surface area (Å²) in [4.78, 5) is 28.8. The number of hydrogen-bond acceptors (Lipinski definition) is 5. The number of carbonyl (C=O) groups excluding carboxylic acids is 2. The molecule has 0 saturated heterocycles. The molecule has 1 unspecified atom stereocenters. The van der Waals surface area contributed by atoms with E-state index < -0.39 is 25.0 Å². The van der Waals surface area contributed by atoms with Crippen molar-refractivity contribution >= 4 is 29.9 Å². The first-order chi connectivity index (χ1) is 12.5. The van der Waals surface area contributed by atoms with Crippen molar-refractivity contribution in [2.24, 2.45) is 0 Å². The molecule has 0 saturated carbocycles. The molecule has 2 rings (SSSR count). The quantitative estimate of drug-likeness (QED) is 0.377. The number of hydroxylamine groups is 2. The smallest absolute Gasteiger partial charge is 0.268 e. The standard InChI is InChI=1S/C18H26N3O5P/c1-12(20(2)16(23)11-27(3,4)26)18(24)21(25)9-8-13-10-19-14-6-5-7-15(22)17(13)14/h5-7,10,12,19,22,25H,8-9,11H2,1-4H3. The summed E-state index contributed by atoms with van der Waals surface area (Å²) in [6.45, 7) is 4.55. The van der Waals surface area contributed by atoms with Crippen LogP contribution in [-0.4, -0.2) is 76.2 Å². The largest absolute Gasteiger partial charge is 0.507 e. The number of aromatic amines is 1. The van der Waals surface area contributed by atoms with Gasteiger partial charge in [0.05, 0.1) is 19.8 Å². The highest BCUT2D eigenvalue weighted by molar-refractivity contribution is 7.63. The van der Waals surface area contributed by atoms with E-state index in [4.69, 9.17) is 0 Å². The second-order valence-electron chi connectivity index (χ2n) is 7.14. The van der Waals surface area contributed by atoms with Crippen molar-refractivity contribution in [1.29, 1.82) is 0 Å². The van der Waals surface area contributed by atoms with Crippen molar-refractivity contribution in [1.82, 2.24) is 14.9 Å². The van der Waals surface area contributed by atoms with E-state index in [1.807, 2.05) is 6.07 Å². The molecule has 2 aromatic rings. The van der Waals surface area contributed by atoms with Crippen LogP contribution in [0.2, 0.25) is 0 Å². The van der Waals surface area contributed by atoms with E-state index in [9.17, 15) is 24.5 Å². The predicted molar refractivity (Wildman–Crippen MR) is 104 cm³/mol. The van der Waals surface area contributed by atoms with Crippen LogP contribution >= 0.6 is 7.14 Å². The molecule has 9 heteroatoms. The molecule has 1 heterocycles.